The van der Waals surface area contributed by atoms with Crippen molar-refractivity contribution in [2.24, 2.45) is 0 Å². The molecule has 5 heteroatoms. The highest BCUT2D eigenvalue weighted by Gasteiger charge is 2.04. The second-order valence-electron chi connectivity index (χ2n) is 3.29. The molecule has 0 heterocycles. The van der Waals surface area contributed by atoms with E-state index in [0.717, 1.165) is 17.6 Å². The molecule has 0 spiro atoms. The molecular formula is C10H15NO3S. The van der Waals surface area contributed by atoms with Gasteiger partial charge in [-0.15, -0.1) is 0 Å². The van der Waals surface area contributed by atoms with Crippen molar-refractivity contribution in [1.82, 2.24) is 0 Å². The molecule has 0 saturated heterocycles. The third-order valence-electron chi connectivity index (χ3n) is 1.78. The fourth-order valence-corrected chi connectivity index (χ4v) is 1.80. The van der Waals surface area contributed by atoms with Crippen LogP contribution in [-0.2, 0) is 10.0 Å². The summed E-state index contributed by atoms with van der Waals surface area (Å²) in [6, 6.07) is 5.18. The Balaban J connectivity index is 2.91. The Kier molecular flexibility index (Phi) is 3.57. The normalized spacial score (nSPS) is 11.1. The van der Waals surface area contributed by atoms with Crippen molar-refractivity contribution in [2.45, 2.75) is 13.8 Å². The van der Waals surface area contributed by atoms with Crippen molar-refractivity contribution in [2.75, 3.05) is 17.6 Å². The van der Waals surface area contributed by atoms with Crippen molar-refractivity contribution in [3.63, 3.8) is 0 Å². The first-order valence-corrected chi connectivity index (χ1v) is 6.53. The molecule has 0 radical (unpaired) electrons. The van der Waals surface area contributed by atoms with Crippen LogP contribution in [-0.4, -0.2) is 21.3 Å². The van der Waals surface area contributed by atoms with Crippen LogP contribution in [0.25, 0.3) is 0 Å². The molecule has 1 aromatic carbocycles. The van der Waals surface area contributed by atoms with Crippen LogP contribution >= 0.6 is 0 Å². The molecule has 0 aliphatic heterocycles. The van der Waals surface area contributed by atoms with Crippen LogP contribution in [0.15, 0.2) is 18.2 Å². The van der Waals surface area contributed by atoms with E-state index in [1.165, 1.54) is 0 Å². The van der Waals surface area contributed by atoms with Crippen molar-refractivity contribution in [3.05, 3.63) is 23.8 Å². The summed E-state index contributed by atoms with van der Waals surface area (Å²) in [5.41, 5.74) is 1.46. The molecule has 0 aliphatic carbocycles. The van der Waals surface area contributed by atoms with Crippen molar-refractivity contribution < 1.29 is 13.2 Å². The molecule has 0 unspecified atom stereocenters. The van der Waals surface area contributed by atoms with E-state index in [9.17, 15) is 8.42 Å². The number of benzene rings is 1. The number of ether oxygens (including phenoxy) is 1. The molecule has 0 fully saturated rings. The van der Waals surface area contributed by atoms with Gasteiger partial charge in [-0.1, -0.05) is 0 Å². The number of rotatable bonds is 4. The van der Waals surface area contributed by atoms with E-state index in [-0.39, 0.29) is 0 Å². The lowest BCUT2D eigenvalue weighted by Gasteiger charge is -2.09. The molecule has 15 heavy (non-hydrogen) atoms. The number of nitrogens with one attached hydrogen (secondary N) is 1. The Morgan fingerprint density at radius 3 is 2.53 bits per heavy atom. The van der Waals surface area contributed by atoms with Crippen LogP contribution in [0.5, 0.6) is 5.75 Å². The molecule has 4 nitrogen and oxygen atoms in total. The van der Waals surface area contributed by atoms with Crippen LogP contribution in [0, 0.1) is 6.92 Å². The zero-order valence-electron chi connectivity index (χ0n) is 9.07. The number of hydrogen-bond donors (Lipinski definition) is 1. The van der Waals surface area contributed by atoms with Crippen LogP contribution < -0.4 is 9.46 Å². The van der Waals surface area contributed by atoms with Gasteiger partial charge in [-0.2, -0.15) is 0 Å². The fourth-order valence-electron chi connectivity index (χ4n) is 1.24. The number of sulfonamides is 1. The number of hydrogen-bond acceptors (Lipinski definition) is 3. The lowest BCUT2D eigenvalue weighted by Crippen LogP contribution is -2.09. The van der Waals surface area contributed by atoms with E-state index in [2.05, 4.69) is 4.72 Å². The van der Waals surface area contributed by atoms with Gasteiger partial charge in [0.15, 0.2) is 0 Å². The van der Waals surface area contributed by atoms with Crippen molar-refractivity contribution >= 4 is 15.7 Å². The summed E-state index contributed by atoms with van der Waals surface area (Å²) >= 11 is 0. The molecular weight excluding hydrogens is 214 g/mol. The minimum absolute atomic E-state index is 0.554. The summed E-state index contributed by atoms with van der Waals surface area (Å²) in [6.45, 7) is 4.38. The Morgan fingerprint density at radius 1 is 1.40 bits per heavy atom. The van der Waals surface area contributed by atoms with Gasteiger partial charge < -0.3 is 4.74 Å². The van der Waals surface area contributed by atoms with Crippen molar-refractivity contribution in [1.29, 1.82) is 0 Å². The van der Waals surface area contributed by atoms with E-state index in [0.29, 0.717) is 12.3 Å². The highest BCUT2D eigenvalue weighted by Crippen LogP contribution is 2.22. The third kappa shape index (κ3) is 3.79. The van der Waals surface area contributed by atoms with E-state index >= 15 is 0 Å². The predicted octanol–water partition coefficient (Wildman–Crippen LogP) is 1.77. The lowest BCUT2D eigenvalue weighted by molar-refractivity contribution is 0.338. The van der Waals surface area contributed by atoms with Gasteiger partial charge in [-0.3, -0.25) is 4.72 Å². The van der Waals surface area contributed by atoms with E-state index in [1.54, 1.807) is 18.2 Å². The zero-order valence-corrected chi connectivity index (χ0v) is 9.89. The van der Waals surface area contributed by atoms with Crippen LogP contribution in [0.4, 0.5) is 5.69 Å². The van der Waals surface area contributed by atoms with Gasteiger partial charge in [0.1, 0.15) is 5.75 Å². The van der Waals surface area contributed by atoms with Crippen LogP contribution in [0.3, 0.4) is 0 Å². The molecule has 0 aliphatic rings. The number of aryl methyl sites for hydroxylation is 1. The molecule has 1 rings (SSSR count). The molecule has 0 aromatic heterocycles. The summed E-state index contributed by atoms with van der Waals surface area (Å²) in [7, 11) is -3.21. The lowest BCUT2D eigenvalue weighted by atomic mass is 10.2. The van der Waals surface area contributed by atoms with Crippen molar-refractivity contribution in [3.8, 4) is 5.75 Å². The Hall–Kier alpha value is -1.23. The third-order valence-corrected chi connectivity index (χ3v) is 2.38. The Morgan fingerprint density at radius 2 is 2.07 bits per heavy atom. The molecule has 1 aromatic rings. The van der Waals surface area contributed by atoms with Gasteiger partial charge in [0, 0.05) is 5.69 Å². The minimum atomic E-state index is -3.21. The second-order valence-corrected chi connectivity index (χ2v) is 5.04. The monoisotopic (exact) mass is 229 g/mol. The summed E-state index contributed by atoms with van der Waals surface area (Å²) in [4.78, 5) is 0. The fraction of sp³-hybridized carbons (Fsp3) is 0.400. The quantitative estimate of drug-likeness (QED) is 0.856. The van der Waals surface area contributed by atoms with Crippen LogP contribution in [0.1, 0.15) is 12.5 Å². The Labute approximate surface area is 90.3 Å². The predicted molar refractivity (Wildman–Crippen MR) is 60.8 cm³/mol. The topological polar surface area (TPSA) is 55.4 Å². The molecule has 1 N–H and O–H groups in total. The van der Waals surface area contributed by atoms with Gasteiger partial charge in [0.05, 0.1) is 12.9 Å². The standard InChI is InChI=1S/C10H15NO3S/c1-4-14-10-6-5-9(7-8(10)2)11-15(3,12)13/h5-7,11H,4H2,1-3H3. The second kappa shape index (κ2) is 4.53. The molecule has 0 amide bonds. The molecule has 84 valence electrons. The van der Waals surface area contributed by atoms with E-state index < -0.39 is 10.0 Å². The van der Waals surface area contributed by atoms with Gasteiger partial charge in [0.2, 0.25) is 10.0 Å². The largest absolute Gasteiger partial charge is 0.494 e. The van der Waals surface area contributed by atoms with Gasteiger partial charge in [0.25, 0.3) is 0 Å². The first-order chi connectivity index (χ1) is 6.92. The summed E-state index contributed by atoms with van der Waals surface area (Å²) < 4.78 is 29.7. The maximum atomic E-state index is 11.0. The average Bonchev–Trinajstić information content (AvgIpc) is 2.07. The molecule has 0 bridgehead atoms. The van der Waals surface area contributed by atoms with Crippen LogP contribution in [0.2, 0.25) is 0 Å². The zero-order chi connectivity index (χ0) is 11.5. The Bertz CT molecular complexity index is 440. The molecule has 0 atom stereocenters. The van der Waals surface area contributed by atoms with E-state index in [1.807, 2.05) is 13.8 Å². The minimum Gasteiger partial charge on any atom is -0.494 e. The van der Waals surface area contributed by atoms with Gasteiger partial charge in [-0.25, -0.2) is 8.42 Å². The molecule has 0 saturated carbocycles. The maximum absolute atomic E-state index is 11.0. The SMILES string of the molecule is CCOc1ccc(NS(C)(=O)=O)cc1C. The van der Waals surface area contributed by atoms with E-state index in [4.69, 9.17) is 4.74 Å². The first-order valence-electron chi connectivity index (χ1n) is 4.63. The first kappa shape index (κ1) is 11.8. The summed E-state index contributed by atoms with van der Waals surface area (Å²) in [5, 5.41) is 0. The van der Waals surface area contributed by atoms with Gasteiger partial charge in [-0.05, 0) is 37.6 Å². The smallest absolute Gasteiger partial charge is 0.229 e. The summed E-state index contributed by atoms with van der Waals surface area (Å²) in [6.07, 6.45) is 1.12. The highest BCUT2D eigenvalue weighted by atomic mass is 32.2. The highest BCUT2D eigenvalue weighted by molar-refractivity contribution is 7.92. The summed E-state index contributed by atoms with van der Waals surface area (Å²) in [5.74, 6) is 0.775. The van der Waals surface area contributed by atoms with Gasteiger partial charge >= 0.3 is 0 Å². The number of anilines is 1. The average molecular weight is 229 g/mol. The maximum Gasteiger partial charge on any atom is 0.229 e.